The second-order valence-electron chi connectivity index (χ2n) is 3.72. The predicted octanol–water partition coefficient (Wildman–Crippen LogP) is 3.56. The zero-order chi connectivity index (χ0) is 11.7. The topological polar surface area (TPSA) is 28.7 Å². The fraction of sp³-hybridized carbons (Fsp3) is 0.167. The van der Waals surface area contributed by atoms with Gasteiger partial charge in [0.2, 0.25) is 0 Å². The first kappa shape index (κ1) is 11.0. The lowest BCUT2D eigenvalue weighted by atomic mass is 10.1. The van der Waals surface area contributed by atoms with Crippen LogP contribution in [-0.2, 0) is 0 Å². The molecule has 0 unspecified atom stereocenters. The molecule has 0 amide bonds. The molecule has 4 heteroatoms. The van der Waals surface area contributed by atoms with Crippen molar-refractivity contribution < 1.29 is 4.39 Å². The summed E-state index contributed by atoms with van der Waals surface area (Å²) in [6.07, 6.45) is 1.53. The Morgan fingerprint density at radius 3 is 2.69 bits per heavy atom. The Morgan fingerprint density at radius 1 is 1.25 bits per heavy atom. The minimum atomic E-state index is -0.245. The van der Waals surface area contributed by atoms with E-state index in [1.807, 2.05) is 19.9 Å². The van der Waals surface area contributed by atoms with Gasteiger partial charge in [-0.3, -0.25) is 0 Å². The van der Waals surface area contributed by atoms with Crippen LogP contribution in [0, 0.1) is 24.3 Å². The maximum absolute atomic E-state index is 13.3. The summed E-state index contributed by atoms with van der Waals surface area (Å²) < 4.78 is 13.8. The fourth-order valence-corrected chi connectivity index (χ4v) is 1.80. The van der Waals surface area contributed by atoms with Crippen molar-refractivity contribution in [3.63, 3.8) is 0 Å². The summed E-state index contributed by atoms with van der Waals surface area (Å²) >= 11 is 5.08. The number of benzene rings is 1. The Morgan fingerprint density at radius 2 is 2.00 bits per heavy atom. The van der Waals surface area contributed by atoms with Gasteiger partial charge in [-0.2, -0.15) is 0 Å². The molecule has 2 aromatic rings. The highest BCUT2D eigenvalue weighted by molar-refractivity contribution is 7.71. The summed E-state index contributed by atoms with van der Waals surface area (Å²) in [6.45, 7) is 3.74. The van der Waals surface area contributed by atoms with E-state index in [4.69, 9.17) is 12.2 Å². The first-order chi connectivity index (χ1) is 7.58. The Labute approximate surface area is 98.2 Å². The molecule has 0 radical (unpaired) electrons. The van der Waals surface area contributed by atoms with Gasteiger partial charge in [0.05, 0.1) is 12.0 Å². The highest BCUT2D eigenvalue weighted by atomic mass is 32.1. The number of H-pyrrole nitrogens is 1. The van der Waals surface area contributed by atoms with Crippen LogP contribution in [0.4, 0.5) is 4.39 Å². The number of nitrogens with zero attached hydrogens (tertiary/aromatic N) is 1. The van der Waals surface area contributed by atoms with E-state index in [1.165, 1.54) is 18.5 Å². The quantitative estimate of drug-likeness (QED) is 0.764. The van der Waals surface area contributed by atoms with Gasteiger partial charge >= 0.3 is 0 Å². The van der Waals surface area contributed by atoms with Gasteiger partial charge < -0.3 is 4.98 Å². The summed E-state index contributed by atoms with van der Waals surface area (Å²) in [5, 5.41) is 0. The van der Waals surface area contributed by atoms with Gasteiger partial charge in [-0.05, 0) is 37.6 Å². The van der Waals surface area contributed by atoms with Crippen LogP contribution >= 0.6 is 12.2 Å². The largest absolute Gasteiger partial charge is 0.346 e. The molecule has 0 atom stereocenters. The lowest BCUT2D eigenvalue weighted by Crippen LogP contribution is -1.92. The second kappa shape index (κ2) is 4.14. The van der Waals surface area contributed by atoms with Crippen LogP contribution in [-0.4, -0.2) is 9.97 Å². The first-order valence-corrected chi connectivity index (χ1v) is 5.30. The van der Waals surface area contributed by atoms with Crippen LogP contribution in [0.2, 0.25) is 0 Å². The van der Waals surface area contributed by atoms with Crippen molar-refractivity contribution in [2.75, 3.05) is 0 Å². The summed E-state index contributed by atoms with van der Waals surface area (Å²) in [6, 6.07) is 4.89. The standard InChI is InChI=1S/C12H11FN2S/c1-7-3-9(5-10(13)4-7)11-8(2)12(16)15-6-14-11/h3-6H,1-2H3,(H,14,15,16). The average molecular weight is 234 g/mol. The maximum atomic E-state index is 13.3. The van der Waals surface area contributed by atoms with Gasteiger partial charge in [0, 0.05) is 11.1 Å². The van der Waals surface area contributed by atoms with Crippen molar-refractivity contribution in [2.24, 2.45) is 0 Å². The lowest BCUT2D eigenvalue weighted by molar-refractivity contribution is 0.627. The summed E-state index contributed by atoms with van der Waals surface area (Å²) in [7, 11) is 0. The summed E-state index contributed by atoms with van der Waals surface area (Å²) in [5.74, 6) is -0.245. The van der Waals surface area contributed by atoms with Crippen molar-refractivity contribution in [2.45, 2.75) is 13.8 Å². The summed E-state index contributed by atoms with van der Waals surface area (Å²) in [4.78, 5) is 6.98. The number of aromatic nitrogens is 2. The Bertz CT molecular complexity index is 570. The van der Waals surface area contributed by atoms with E-state index in [-0.39, 0.29) is 5.82 Å². The SMILES string of the molecule is Cc1cc(F)cc(-c2[nH]cnc(=S)c2C)c1. The zero-order valence-corrected chi connectivity index (χ0v) is 9.86. The Balaban J connectivity index is 2.67. The third-order valence-corrected chi connectivity index (χ3v) is 2.83. The number of hydrogen-bond acceptors (Lipinski definition) is 2. The molecule has 0 aliphatic rings. The molecule has 82 valence electrons. The van der Waals surface area contributed by atoms with E-state index in [9.17, 15) is 4.39 Å². The molecular formula is C12H11FN2S. The average Bonchev–Trinajstić information content (AvgIpc) is 2.20. The van der Waals surface area contributed by atoms with Crippen molar-refractivity contribution in [1.82, 2.24) is 9.97 Å². The zero-order valence-electron chi connectivity index (χ0n) is 9.04. The van der Waals surface area contributed by atoms with E-state index >= 15 is 0 Å². The fourth-order valence-electron chi connectivity index (χ4n) is 1.65. The maximum Gasteiger partial charge on any atom is 0.132 e. The van der Waals surface area contributed by atoms with E-state index in [0.29, 0.717) is 4.64 Å². The number of hydrogen-bond donors (Lipinski definition) is 1. The van der Waals surface area contributed by atoms with Crippen LogP contribution in [0.15, 0.2) is 24.5 Å². The van der Waals surface area contributed by atoms with Crippen molar-refractivity contribution in [3.8, 4) is 11.3 Å². The molecule has 0 bridgehead atoms. The summed E-state index contributed by atoms with van der Waals surface area (Å²) in [5.41, 5.74) is 3.36. The van der Waals surface area contributed by atoms with Gasteiger partial charge in [-0.25, -0.2) is 9.37 Å². The Kier molecular flexibility index (Phi) is 2.83. The van der Waals surface area contributed by atoms with Gasteiger partial charge in [0.1, 0.15) is 10.5 Å². The smallest absolute Gasteiger partial charge is 0.132 e. The van der Waals surface area contributed by atoms with Gasteiger partial charge in [0.25, 0.3) is 0 Å². The molecule has 1 heterocycles. The second-order valence-corrected chi connectivity index (χ2v) is 4.11. The predicted molar refractivity (Wildman–Crippen MR) is 64.3 cm³/mol. The highest BCUT2D eigenvalue weighted by Gasteiger charge is 2.05. The minimum absolute atomic E-state index is 0.245. The molecule has 0 fully saturated rings. The molecule has 1 N–H and O–H groups in total. The molecule has 0 aliphatic heterocycles. The van der Waals surface area contributed by atoms with Crippen LogP contribution in [0.25, 0.3) is 11.3 Å². The number of aromatic amines is 1. The van der Waals surface area contributed by atoms with Crippen molar-refractivity contribution in [1.29, 1.82) is 0 Å². The van der Waals surface area contributed by atoms with Crippen molar-refractivity contribution in [3.05, 3.63) is 46.1 Å². The first-order valence-electron chi connectivity index (χ1n) is 4.90. The van der Waals surface area contributed by atoms with E-state index in [2.05, 4.69) is 9.97 Å². The molecule has 1 aromatic heterocycles. The molecule has 0 aliphatic carbocycles. The van der Waals surface area contributed by atoms with Crippen LogP contribution in [0.3, 0.4) is 0 Å². The van der Waals surface area contributed by atoms with Crippen LogP contribution in [0.5, 0.6) is 0 Å². The van der Waals surface area contributed by atoms with Crippen molar-refractivity contribution >= 4 is 12.2 Å². The van der Waals surface area contributed by atoms with Gasteiger partial charge in [-0.15, -0.1) is 0 Å². The third kappa shape index (κ3) is 2.02. The Hall–Kier alpha value is -1.55. The van der Waals surface area contributed by atoms with E-state index in [0.717, 1.165) is 22.4 Å². The van der Waals surface area contributed by atoms with Crippen LogP contribution in [0.1, 0.15) is 11.1 Å². The monoisotopic (exact) mass is 234 g/mol. The highest BCUT2D eigenvalue weighted by Crippen LogP contribution is 2.22. The molecule has 2 nitrogen and oxygen atoms in total. The minimum Gasteiger partial charge on any atom is -0.346 e. The molecule has 1 aromatic carbocycles. The molecule has 0 saturated heterocycles. The van der Waals surface area contributed by atoms with E-state index in [1.54, 1.807) is 0 Å². The van der Waals surface area contributed by atoms with Gasteiger partial charge in [-0.1, -0.05) is 12.2 Å². The normalized spacial score (nSPS) is 10.4. The number of nitrogens with one attached hydrogen (secondary N) is 1. The lowest BCUT2D eigenvalue weighted by Gasteiger charge is -2.06. The molecule has 0 spiro atoms. The number of rotatable bonds is 1. The number of halogens is 1. The van der Waals surface area contributed by atoms with E-state index < -0.39 is 0 Å². The molecule has 16 heavy (non-hydrogen) atoms. The third-order valence-electron chi connectivity index (χ3n) is 2.42. The number of aryl methyl sites for hydroxylation is 1. The van der Waals surface area contributed by atoms with Crippen LogP contribution < -0.4 is 0 Å². The van der Waals surface area contributed by atoms with Gasteiger partial charge in [0.15, 0.2) is 0 Å². The molecule has 2 rings (SSSR count). The molecular weight excluding hydrogens is 223 g/mol. The molecule has 0 saturated carbocycles.